The fraction of sp³-hybridized carbons (Fsp3) is 0.625. The fourth-order valence-electron chi connectivity index (χ4n) is 2.51. The van der Waals surface area contributed by atoms with E-state index >= 15 is 0 Å². The topological polar surface area (TPSA) is 29.3 Å². The monoisotopic (exact) mass is 246 g/mol. The zero-order chi connectivity index (χ0) is 13.3. The van der Waals surface area contributed by atoms with Gasteiger partial charge in [-0.05, 0) is 63.8 Å². The van der Waals surface area contributed by atoms with Gasteiger partial charge in [-0.25, -0.2) is 0 Å². The SMILES string of the molecule is CN(Cc1ccc2c(c1)CCC[C@H]2N)C(C)(C)C. The van der Waals surface area contributed by atoms with Gasteiger partial charge in [-0.3, -0.25) is 4.90 Å². The third-order valence-corrected chi connectivity index (χ3v) is 4.13. The number of fused-ring (bicyclic) bond motifs is 1. The van der Waals surface area contributed by atoms with Crippen molar-refractivity contribution in [3.8, 4) is 0 Å². The van der Waals surface area contributed by atoms with Gasteiger partial charge in [0.15, 0.2) is 0 Å². The molecule has 1 aromatic carbocycles. The van der Waals surface area contributed by atoms with Crippen molar-refractivity contribution in [3.63, 3.8) is 0 Å². The smallest absolute Gasteiger partial charge is 0.0297 e. The summed E-state index contributed by atoms with van der Waals surface area (Å²) in [5.41, 5.74) is 10.6. The van der Waals surface area contributed by atoms with E-state index in [0.717, 1.165) is 13.0 Å². The van der Waals surface area contributed by atoms with Crippen LogP contribution in [0.1, 0.15) is 56.3 Å². The summed E-state index contributed by atoms with van der Waals surface area (Å²) < 4.78 is 0. The minimum Gasteiger partial charge on any atom is -0.324 e. The Hall–Kier alpha value is -0.860. The van der Waals surface area contributed by atoms with Crippen LogP contribution in [0.4, 0.5) is 0 Å². The van der Waals surface area contributed by atoms with E-state index in [2.05, 4.69) is 50.9 Å². The van der Waals surface area contributed by atoms with Crippen LogP contribution in [0.25, 0.3) is 0 Å². The molecule has 0 aromatic heterocycles. The van der Waals surface area contributed by atoms with Crippen molar-refractivity contribution in [1.29, 1.82) is 0 Å². The molecule has 0 radical (unpaired) electrons. The summed E-state index contributed by atoms with van der Waals surface area (Å²) in [4.78, 5) is 2.39. The molecule has 2 heteroatoms. The van der Waals surface area contributed by atoms with Crippen molar-refractivity contribution >= 4 is 0 Å². The minimum absolute atomic E-state index is 0.215. The molecule has 0 aliphatic heterocycles. The highest BCUT2D eigenvalue weighted by Crippen LogP contribution is 2.29. The Balaban J connectivity index is 2.17. The first-order chi connectivity index (χ1) is 8.38. The molecule has 0 spiro atoms. The summed E-state index contributed by atoms with van der Waals surface area (Å²) in [6.07, 6.45) is 3.55. The Bertz CT molecular complexity index is 418. The third-order valence-electron chi connectivity index (χ3n) is 4.13. The zero-order valence-electron chi connectivity index (χ0n) is 12.2. The van der Waals surface area contributed by atoms with E-state index in [-0.39, 0.29) is 11.6 Å². The first kappa shape index (κ1) is 13.6. The van der Waals surface area contributed by atoms with E-state index in [9.17, 15) is 0 Å². The second-order valence-corrected chi connectivity index (χ2v) is 6.56. The van der Waals surface area contributed by atoms with Gasteiger partial charge in [0.05, 0.1) is 0 Å². The number of aryl methyl sites for hydroxylation is 1. The largest absolute Gasteiger partial charge is 0.324 e. The lowest BCUT2D eigenvalue weighted by Gasteiger charge is -2.32. The van der Waals surface area contributed by atoms with Crippen LogP contribution in [-0.2, 0) is 13.0 Å². The molecule has 2 N–H and O–H groups in total. The summed E-state index contributed by atoms with van der Waals surface area (Å²) in [5.74, 6) is 0. The summed E-state index contributed by atoms with van der Waals surface area (Å²) in [6, 6.07) is 7.09. The summed E-state index contributed by atoms with van der Waals surface area (Å²) in [5, 5.41) is 0. The normalized spacial score (nSPS) is 20.0. The van der Waals surface area contributed by atoms with Crippen LogP contribution in [0, 0.1) is 0 Å². The van der Waals surface area contributed by atoms with Crippen molar-refractivity contribution in [2.24, 2.45) is 5.73 Å². The highest BCUT2D eigenvalue weighted by molar-refractivity contribution is 5.36. The maximum atomic E-state index is 6.16. The first-order valence-electron chi connectivity index (χ1n) is 6.96. The van der Waals surface area contributed by atoms with Crippen molar-refractivity contribution < 1.29 is 0 Å². The maximum Gasteiger partial charge on any atom is 0.0297 e. The standard InChI is InChI=1S/C16H26N2/c1-16(2,3)18(4)11-12-8-9-14-13(10-12)6-5-7-15(14)17/h8-10,15H,5-7,11,17H2,1-4H3/t15-/m1/s1. The molecule has 1 aromatic rings. The van der Waals surface area contributed by atoms with Gasteiger partial charge in [0.25, 0.3) is 0 Å². The maximum absolute atomic E-state index is 6.16. The number of benzene rings is 1. The fourth-order valence-corrected chi connectivity index (χ4v) is 2.51. The number of nitrogens with zero attached hydrogens (tertiary/aromatic N) is 1. The van der Waals surface area contributed by atoms with E-state index in [0.29, 0.717) is 0 Å². The van der Waals surface area contributed by atoms with Crippen LogP contribution in [-0.4, -0.2) is 17.5 Å². The van der Waals surface area contributed by atoms with Gasteiger partial charge in [0.2, 0.25) is 0 Å². The van der Waals surface area contributed by atoms with Gasteiger partial charge < -0.3 is 5.73 Å². The lowest BCUT2D eigenvalue weighted by atomic mass is 9.87. The molecule has 2 rings (SSSR count). The lowest BCUT2D eigenvalue weighted by molar-refractivity contribution is 0.167. The molecule has 1 aliphatic carbocycles. The third kappa shape index (κ3) is 2.93. The molecule has 0 fully saturated rings. The van der Waals surface area contributed by atoms with Crippen molar-refractivity contribution in [1.82, 2.24) is 4.90 Å². The van der Waals surface area contributed by atoms with Gasteiger partial charge in [0, 0.05) is 18.1 Å². The first-order valence-corrected chi connectivity index (χ1v) is 6.96. The molecule has 1 atom stereocenters. The summed E-state index contributed by atoms with van der Waals surface area (Å²) in [7, 11) is 2.19. The van der Waals surface area contributed by atoms with Crippen LogP contribution >= 0.6 is 0 Å². The minimum atomic E-state index is 0.215. The highest BCUT2D eigenvalue weighted by atomic mass is 15.1. The molecular weight excluding hydrogens is 220 g/mol. The quantitative estimate of drug-likeness (QED) is 0.868. The average Bonchev–Trinajstić information content (AvgIpc) is 2.28. The number of rotatable bonds is 2. The van der Waals surface area contributed by atoms with E-state index in [1.165, 1.54) is 29.5 Å². The predicted molar refractivity (Wildman–Crippen MR) is 77.5 cm³/mol. The van der Waals surface area contributed by atoms with Gasteiger partial charge in [-0.1, -0.05) is 18.2 Å². The van der Waals surface area contributed by atoms with Crippen LogP contribution in [0.3, 0.4) is 0 Å². The second-order valence-electron chi connectivity index (χ2n) is 6.56. The van der Waals surface area contributed by atoms with Crippen molar-refractivity contribution in [2.45, 2.75) is 58.2 Å². The van der Waals surface area contributed by atoms with E-state index in [1.807, 2.05) is 0 Å². The lowest BCUT2D eigenvalue weighted by Crippen LogP contribution is -2.37. The molecule has 0 saturated carbocycles. The molecule has 18 heavy (non-hydrogen) atoms. The van der Waals surface area contributed by atoms with E-state index in [1.54, 1.807) is 0 Å². The molecular formula is C16H26N2. The van der Waals surface area contributed by atoms with Gasteiger partial charge in [0.1, 0.15) is 0 Å². The molecule has 0 unspecified atom stereocenters. The Labute approximate surface area is 111 Å². The number of hydrogen-bond acceptors (Lipinski definition) is 2. The molecule has 1 aliphatic rings. The summed E-state index contributed by atoms with van der Waals surface area (Å²) >= 11 is 0. The number of nitrogens with two attached hydrogens (primary N) is 1. The van der Waals surface area contributed by atoms with Crippen LogP contribution in [0.5, 0.6) is 0 Å². The molecule has 100 valence electrons. The van der Waals surface area contributed by atoms with Crippen molar-refractivity contribution in [2.75, 3.05) is 7.05 Å². The van der Waals surface area contributed by atoms with Crippen molar-refractivity contribution in [3.05, 3.63) is 34.9 Å². The van der Waals surface area contributed by atoms with E-state index < -0.39 is 0 Å². The van der Waals surface area contributed by atoms with Crippen LogP contribution in [0.2, 0.25) is 0 Å². The molecule has 0 heterocycles. The van der Waals surface area contributed by atoms with Gasteiger partial charge in [-0.15, -0.1) is 0 Å². The van der Waals surface area contributed by atoms with Gasteiger partial charge in [-0.2, -0.15) is 0 Å². The molecule has 0 bridgehead atoms. The van der Waals surface area contributed by atoms with E-state index in [4.69, 9.17) is 5.73 Å². The number of hydrogen-bond donors (Lipinski definition) is 1. The Kier molecular flexibility index (Phi) is 3.79. The zero-order valence-corrected chi connectivity index (χ0v) is 12.2. The van der Waals surface area contributed by atoms with Crippen LogP contribution < -0.4 is 5.73 Å². The summed E-state index contributed by atoms with van der Waals surface area (Å²) in [6.45, 7) is 7.76. The predicted octanol–water partition coefficient (Wildman–Crippen LogP) is 3.25. The average molecular weight is 246 g/mol. The Morgan fingerprint density at radius 3 is 2.72 bits per heavy atom. The Morgan fingerprint density at radius 1 is 1.33 bits per heavy atom. The van der Waals surface area contributed by atoms with Gasteiger partial charge >= 0.3 is 0 Å². The second kappa shape index (κ2) is 5.02. The van der Waals surface area contributed by atoms with Crippen LogP contribution in [0.15, 0.2) is 18.2 Å². The molecule has 0 amide bonds. The highest BCUT2D eigenvalue weighted by Gasteiger charge is 2.19. The molecule has 2 nitrogen and oxygen atoms in total. The molecule has 0 saturated heterocycles. The Morgan fingerprint density at radius 2 is 2.06 bits per heavy atom.